The molecule has 5 heteroatoms. The van der Waals surface area contributed by atoms with Gasteiger partial charge in [-0.15, -0.1) is 0 Å². The van der Waals surface area contributed by atoms with E-state index in [1.165, 1.54) is 0 Å². The van der Waals surface area contributed by atoms with Crippen LogP contribution in [0.25, 0.3) is 0 Å². The first-order valence-electron chi connectivity index (χ1n) is 4.25. The van der Waals surface area contributed by atoms with Crippen LogP contribution in [0.15, 0.2) is 0 Å². The molecule has 5 N–H and O–H groups in total. The Morgan fingerprint density at radius 3 is 2.31 bits per heavy atom. The van der Waals surface area contributed by atoms with Crippen molar-refractivity contribution < 1.29 is 9.59 Å². The summed E-state index contributed by atoms with van der Waals surface area (Å²) in [4.78, 5) is 21.6. The number of nitrogens with one attached hydrogen (secondary N) is 1. The average Bonchev–Trinajstić information content (AvgIpc) is 2.00. The van der Waals surface area contributed by atoms with E-state index >= 15 is 0 Å². The van der Waals surface area contributed by atoms with Gasteiger partial charge in [0.25, 0.3) is 0 Å². The Bertz CT molecular complexity index is 192. The van der Waals surface area contributed by atoms with Crippen molar-refractivity contribution in [2.45, 2.75) is 26.3 Å². The Kier molecular flexibility index (Phi) is 5.06. The van der Waals surface area contributed by atoms with Gasteiger partial charge in [0.1, 0.15) is 0 Å². The average molecular weight is 187 g/mol. The van der Waals surface area contributed by atoms with Gasteiger partial charge in [0.15, 0.2) is 0 Å². The van der Waals surface area contributed by atoms with Crippen molar-refractivity contribution in [3.8, 4) is 0 Å². The van der Waals surface area contributed by atoms with Crippen molar-refractivity contribution in [2.75, 3.05) is 6.54 Å². The fourth-order valence-corrected chi connectivity index (χ4v) is 0.690. The molecule has 2 amide bonds. The normalized spacial score (nSPS) is 12.6. The Labute approximate surface area is 77.8 Å². The van der Waals surface area contributed by atoms with E-state index in [-0.39, 0.29) is 12.3 Å². The molecule has 0 heterocycles. The Morgan fingerprint density at radius 2 is 1.92 bits per heavy atom. The fraction of sp³-hybridized carbons (Fsp3) is 0.750. The fourth-order valence-electron chi connectivity index (χ4n) is 0.690. The summed E-state index contributed by atoms with van der Waals surface area (Å²) in [6.07, 6.45) is -0.0396. The van der Waals surface area contributed by atoms with E-state index in [1.807, 2.05) is 13.8 Å². The molecule has 0 saturated carbocycles. The zero-order valence-corrected chi connectivity index (χ0v) is 8.04. The SMILES string of the molecule is CC(C)CNC(=O)C[C@H](N)C(N)=O. The third kappa shape index (κ3) is 6.10. The summed E-state index contributed by atoms with van der Waals surface area (Å²) < 4.78 is 0. The van der Waals surface area contributed by atoms with Crippen LogP contribution in [0.3, 0.4) is 0 Å². The first kappa shape index (κ1) is 11.9. The van der Waals surface area contributed by atoms with E-state index in [9.17, 15) is 9.59 Å². The van der Waals surface area contributed by atoms with Crippen LogP contribution in [0.5, 0.6) is 0 Å². The summed E-state index contributed by atoms with van der Waals surface area (Å²) >= 11 is 0. The van der Waals surface area contributed by atoms with E-state index in [2.05, 4.69) is 5.32 Å². The van der Waals surface area contributed by atoms with Crippen LogP contribution >= 0.6 is 0 Å². The van der Waals surface area contributed by atoms with Crippen molar-refractivity contribution in [1.82, 2.24) is 5.32 Å². The molecule has 0 aromatic heterocycles. The molecule has 0 rings (SSSR count). The highest BCUT2D eigenvalue weighted by Gasteiger charge is 2.13. The minimum Gasteiger partial charge on any atom is -0.368 e. The number of rotatable bonds is 5. The molecule has 0 saturated heterocycles. The molecule has 0 unspecified atom stereocenters. The quantitative estimate of drug-likeness (QED) is 0.512. The number of carbonyl (C=O) groups is 2. The van der Waals surface area contributed by atoms with Gasteiger partial charge in [-0.2, -0.15) is 0 Å². The predicted molar refractivity (Wildman–Crippen MR) is 49.6 cm³/mol. The topological polar surface area (TPSA) is 98.2 Å². The molecule has 1 atom stereocenters. The second-order valence-electron chi connectivity index (χ2n) is 3.41. The van der Waals surface area contributed by atoms with E-state index in [0.29, 0.717) is 12.5 Å². The van der Waals surface area contributed by atoms with Crippen LogP contribution in [0, 0.1) is 5.92 Å². The van der Waals surface area contributed by atoms with Gasteiger partial charge in [-0.05, 0) is 5.92 Å². The van der Waals surface area contributed by atoms with Crippen molar-refractivity contribution in [3.05, 3.63) is 0 Å². The van der Waals surface area contributed by atoms with Crippen molar-refractivity contribution in [1.29, 1.82) is 0 Å². The largest absolute Gasteiger partial charge is 0.368 e. The third-order valence-electron chi connectivity index (χ3n) is 1.48. The lowest BCUT2D eigenvalue weighted by Crippen LogP contribution is -2.41. The molecule has 0 aliphatic heterocycles. The van der Waals surface area contributed by atoms with Crippen LogP contribution in [-0.4, -0.2) is 24.4 Å². The third-order valence-corrected chi connectivity index (χ3v) is 1.48. The van der Waals surface area contributed by atoms with Crippen LogP contribution in [0.4, 0.5) is 0 Å². The molecular formula is C8H17N3O2. The minimum absolute atomic E-state index is 0.0396. The van der Waals surface area contributed by atoms with Gasteiger partial charge in [-0.25, -0.2) is 0 Å². The molecule has 5 nitrogen and oxygen atoms in total. The summed E-state index contributed by atoms with van der Waals surface area (Å²) in [6, 6.07) is -0.882. The van der Waals surface area contributed by atoms with E-state index in [4.69, 9.17) is 11.5 Å². The van der Waals surface area contributed by atoms with Gasteiger partial charge in [-0.3, -0.25) is 9.59 Å². The molecule has 0 aliphatic carbocycles. The molecule has 0 radical (unpaired) electrons. The molecular weight excluding hydrogens is 170 g/mol. The highest BCUT2D eigenvalue weighted by molar-refractivity contribution is 5.87. The number of carbonyl (C=O) groups excluding carboxylic acids is 2. The zero-order valence-electron chi connectivity index (χ0n) is 8.04. The zero-order chi connectivity index (χ0) is 10.4. The molecule has 0 aromatic rings. The van der Waals surface area contributed by atoms with E-state index in [1.54, 1.807) is 0 Å². The van der Waals surface area contributed by atoms with Crippen molar-refractivity contribution in [3.63, 3.8) is 0 Å². The van der Waals surface area contributed by atoms with Crippen molar-refractivity contribution in [2.24, 2.45) is 17.4 Å². The molecule has 0 aliphatic rings. The summed E-state index contributed by atoms with van der Waals surface area (Å²) in [5.74, 6) is -0.506. The maximum absolute atomic E-state index is 11.1. The van der Waals surface area contributed by atoms with Gasteiger partial charge < -0.3 is 16.8 Å². The van der Waals surface area contributed by atoms with E-state index < -0.39 is 11.9 Å². The van der Waals surface area contributed by atoms with E-state index in [0.717, 1.165) is 0 Å². The Balaban J connectivity index is 3.68. The highest BCUT2D eigenvalue weighted by Crippen LogP contribution is 1.90. The number of hydrogen-bond donors (Lipinski definition) is 3. The number of nitrogens with two attached hydrogens (primary N) is 2. The predicted octanol–water partition coefficient (Wildman–Crippen LogP) is -1.04. The summed E-state index contributed by atoms with van der Waals surface area (Å²) in [7, 11) is 0. The lowest BCUT2D eigenvalue weighted by molar-refractivity contribution is -0.126. The number of hydrogen-bond acceptors (Lipinski definition) is 3. The number of amides is 2. The maximum Gasteiger partial charge on any atom is 0.234 e. The molecule has 0 aromatic carbocycles. The number of primary amides is 1. The standard InChI is InChI=1S/C8H17N3O2/c1-5(2)4-11-7(12)3-6(9)8(10)13/h5-6H,3-4,9H2,1-2H3,(H2,10,13)(H,11,12)/t6-/m0/s1. The van der Waals surface area contributed by atoms with Crippen LogP contribution < -0.4 is 16.8 Å². The van der Waals surface area contributed by atoms with Crippen molar-refractivity contribution >= 4 is 11.8 Å². The Hall–Kier alpha value is -1.10. The lowest BCUT2D eigenvalue weighted by Gasteiger charge is -2.09. The maximum atomic E-state index is 11.1. The summed E-state index contributed by atoms with van der Waals surface area (Å²) in [5.41, 5.74) is 10.2. The second kappa shape index (κ2) is 5.53. The lowest BCUT2D eigenvalue weighted by atomic mass is 10.2. The van der Waals surface area contributed by atoms with Crippen LogP contribution in [0.1, 0.15) is 20.3 Å². The molecule has 0 bridgehead atoms. The van der Waals surface area contributed by atoms with Gasteiger partial charge in [0.2, 0.25) is 11.8 Å². The summed E-state index contributed by atoms with van der Waals surface area (Å²) in [6.45, 7) is 4.55. The minimum atomic E-state index is -0.882. The van der Waals surface area contributed by atoms with Gasteiger partial charge in [0, 0.05) is 6.54 Å². The second-order valence-corrected chi connectivity index (χ2v) is 3.41. The van der Waals surface area contributed by atoms with Gasteiger partial charge >= 0.3 is 0 Å². The molecule has 76 valence electrons. The smallest absolute Gasteiger partial charge is 0.234 e. The van der Waals surface area contributed by atoms with Crippen LogP contribution in [-0.2, 0) is 9.59 Å². The molecule has 0 fully saturated rings. The van der Waals surface area contributed by atoms with Crippen LogP contribution in [0.2, 0.25) is 0 Å². The van der Waals surface area contributed by atoms with Gasteiger partial charge in [-0.1, -0.05) is 13.8 Å². The first-order chi connectivity index (χ1) is 5.93. The molecule has 13 heavy (non-hydrogen) atoms. The highest BCUT2D eigenvalue weighted by atomic mass is 16.2. The first-order valence-corrected chi connectivity index (χ1v) is 4.25. The summed E-state index contributed by atoms with van der Waals surface area (Å²) in [5, 5.41) is 2.64. The molecule has 0 spiro atoms. The Morgan fingerprint density at radius 1 is 1.38 bits per heavy atom. The monoisotopic (exact) mass is 187 g/mol. The van der Waals surface area contributed by atoms with Gasteiger partial charge in [0.05, 0.1) is 12.5 Å².